The Balaban J connectivity index is 0.00000200. The molecule has 1 N–H and O–H groups in total. The Hall–Kier alpha value is -0.0536. The van der Waals surface area contributed by atoms with E-state index in [9.17, 15) is 13.2 Å². The summed E-state index contributed by atoms with van der Waals surface area (Å²) in [5, 5.41) is -0.132. The molecule has 20 heavy (non-hydrogen) atoms. The maximum atomic E-state index is 12.1. The van der Waals surface area contributed by atoms with Gasteiger partial charge < -0.3 is 0 Å². The molecule has 0 radical (unpaired) electrons. The van der Waals surface area contributed by atoms with E-state index in [1.165, 1.54) is 12.1 Å². The van der Waals surface area contributed by atoms with E-state index in [1.54, 1.807) is 30.3 Å². The van der Waals surface area contributed by atoms with Crippen LogP contribution >= 0.6 is 11.6 Å². The van der Waals surface area contributed by atoms with Gasteiger partial charge in [-0.1, -0.05) is 41.9 Å². The molecule has 0 aromatic heterocycles. The van der Waals surface area contributed by atoms with Crippen molar-refractivity contribution in [3.05, 3.63) is 64.7 Å². The molecule has 100 valence electrons. The first-order valence-corrected chi connectivity index (χ1v) is 7.08. The number of carbonyl (C=O) groups is 1. The average molecular weight is 337 g/mol. The van der Waals surface area contributed by atoms with Gasteiger partial charge in [-0.3, -0.25) is 9.35 Å². The SMILES string of the molecule is O=C(c1ccccc1)c1ccc(Cl)c(S(=O)(=O)O)c1.[KH]. The van der Waals surface area contributed by atoms with E-state index in [2.05, 4.69) is 0 Å². The fraction of sp³-hybridized carbons (Fsp3) is 0. The second kappa shape index (κ2) is 7.28. The summed E-state index contributed by atoms with van der Waals surface area (Å²) in [6, 6.07) is 12.1. The topological polar surface area (TPSA) is 71.4 Å². The summed E-state index contributed by atoms with van der Waals surface area (Å²) in [7, 11) is -4.46. The molecule has 0 heterocycles. The molecule has 0 aliphatic rings. The molecule has 0 aliphatic heterocycles. The zero-order valence-electron chi connectivity index (χ0n) is 9.58. The first-order valence-electron chi connectivity index (χ1n) is 5.26. The molecule has 4 nitrogen and oxygen atoms in total. The van der Waals surface area contributed by atoms with Crippen LogP contribution in [0.2, 0.25) is 5.02 Å². The Labute approximate surface area is 164 Å². The van der Waals surface area contributed by atoms with Crippen molar-refractivity contribution in [1.82, 2.24) is 0 Å². The van der Waals surface area contributed by atoms with Crippen LogP contribution in [0.25, 0.3) is 0 Å². The zero-order chi connectivity index (χ0) is 14.0. The molecule has 0 spiro atoms. The predicted molar refractivity (Wildman–Crippen MR) is 78.3 cm³/mol. The molecule has 0 saturated carbocycles. The van der Waals surface area contributed by atoms with Crippen LogP contribution in [0.5, 0.6) is 0 Å². The molecule has 0 fully saturated rings. The van der Waals surface area contributed by atoms with Crippen molar-refractivity contribution >= 4 is 78.9 Å². The molecule has 0 aliphatic carbocycles. The van der Waals surface area contributed by atoms with Crippen LogP contribution in [-0.2, 0) is 10.1 Å². The minimum absolute atomic E-state index is 0. The number of rotatable bonds is 3. The van der Waals surface area contributed by atoms with Crippen LogP contribution in [0.15, 0.2) is 53.4 Å². The van der Waals surface area contributed by atoms with Crippen LogP contribution in [-0.4, -0.2) is 70.1 Å². The standard InChI is InChI=1S/C13H9ClO4S.K.H/c14-11-7-6-10(8-12(11)19(16,17)18)13(15)9-4-2-1-3-5-9;;/h1-8H,(H,16,17,18);;. The van der Waals surface area contributed by atoms with E-state index < -0.39 is 15.0 Å². The number of ketones is 1. The molecular formula is C13H10ClKO4S. The zero-order valence-corrected chi connectivity index (χ0v) is 11.1. The number of benzene rings is 2. The van der Waals surface area contributed by atoms with Gasteiger partial charge in [0, 0.05) is 11.1 Å². The Morgan fingerprint density at radius 2 is 1.60 bits per heavy atom. The van der Waals surface area contributed by atoms with Gasteiger partial charge in [0.1, 0.15) is 4.90 Å². The molecule has 2 aromatic carbocycles. The number of hydrogen-bond acceptors (Lipinski definition) is 3. The molecule has 0 amide bonds. The van der Waals surface area contributed by atoms with Crippen LogP contribution in [0, 0.1) is 0 Å². The van der Waals surface area contributed by atoms with Gasteiger partial charge in [0.25, 0.3) is 10.1 Å². The molecule has 2 rings (SSSR count). The normalized spacial score (nSPS) is 10.7. The van der Waals surface area contributed by atoms with E-state index in [0.29, 0.717) is 5.56 Å². The van der Waals surface area contributed by atoms with Crippen molar-refractivity contribution in [2.24, 2.45) is 0 Å². The van der Waals surface area contributed by atoms with E-state index in [1.807, 2.05) is 0 Å². The fourth-order valence-electron chi connectivity index (χ4n) is 1.60. The van der Waals surface area contributed by atoms with Crippen molar-refractivity contribution in [1.29, 1.82) is 0 Å². The van der Waals surface area contributed by atoms with Crippen LogP contribution < -0.4 is 0 Å². The Bertz CT molecular complexity index is 729. The van der Waals surface area contributed by atoms with E-state index in [4.69, 9.17) is 16.2 Å². The van der Waals surface area contributed by atoms with Crippen molar-refractivity contribution in [3.63, 3.8) is 0 Å². The molecular weight excluding hydrogens is 327 g/mol. The Morgan fingerprint density at radius 3 is 2.15 bits per heavy atom. The van der Waals surface area contributed by atoms with Gasteiger partial charge in [0.05, 0.1) is 5.02 Å². The van der Waals surface area contributed by atoms with Crippen LogP contribution in [0.1, 0.15) is 15.9 Å². The number of halogens is 1. The van der Waals surface area contributed by atoms with Gasteiger partial charge in [-0.25, -0.2) is 0 Å². The van der Waals surface area contributed by atoms with Crippen molar-refractivity contribution < 1.29 is 17.8 Å². The van der Waals surface area contributed by atoms with Crippen molar-refractivity contribution in [3.8, 4) is 0 Å². The molecule has 0 saturated heterocycles. The summed E-state index contributed by atoms with van der Waals surface area (Å²) in [5.74, 6) is -0.345. The van der Waals surface area contributed by atoms with Gasteiger partial charge in [0.15, 0.2) is 5.78 Å². The second-order valence-electron chi connectivity index (χ2n) is 3.82. The maximum absolute atomic E-state index is 12.1. The van der Waals surface area contributed by atoms with Gasteiger partial charge in [-0.2, -0.15) is 8.42 Å². The van der Waals surface area contributed by atoms with E-state index in [0.717, 1.165) is 6.07 Å². The van der Waals surface area contributed by atoms with Crippen LogP contribution in [0.3, 0.4) is 0 Å². The fourth-order valence-corrected chi connectivity index (χ4v) is 2.60. The Morgan fingerprint density at radius 1 is 1.00 bits per heavy atom. The monoisotopic (exact) mass is 336 g/mol. The summed E-state index contributed by atoms with van der Waals surface area (Å²) in [6.45, 7) is 0. The van der Waals surface area contributed by atoms with Gasteiger partial charge in [-0.15, -0.1) is 0 Å². The van der Waals surface area contributed by atoms with Gasteiger partial charge in [-0.05, 0) is 18.2 Å². The third-order valence-electron chi connectivity index (χ3n) is 2.51. The van der Waals surface area contributed by atoms with Gasteiger partial charge >= 0.3 is 51.4 Å². The predicted octanol–water partition coefficient (Wildman–Crippen LogP) is 2.17. The molecule has 7 heteroatoms. The van der Waals surface area contributed by atoms with Gasteiger partial charge in [0.2, 0.25) is 0 Å². The molecule has 0 bridgehead atoms. The summed E-state index contributed by atoms with van der Waals surface area (Å²) < 4.78 is 31.3. The van der Waals surface area contributed by atoms with Crippen molar-refractivity contribution in [2.45, 2.75) is 4.90 Å². The molecule has 0 atom stereocenters. The quantitative estimate of drug-likeness (QED) is 0.529. The summed E-state index contributed by atoms with van der Waals surface area (Å²) >= 11 is 5.68. The van der Waals surface area contributed by atoms with E-state index in [-0.39, 0.29) is 67.8 Å². The summed E-state index contributed by atoms with van der Waals surface area (Å²) in [5.41, 5.74) is 0.564. The van der Waals surface area contributed by atoms with E-state index >= 15 is 0 Å². The third-order valence-corrected chi connectivity index (χ3v) is 3.84. The molecule has 0 unspecified atom stereocenters. The van der Waals surface area contributed by atoms with Crippen molar-refractivity contribution in [2.75, 3.05) is 0 Å². The Kier molecular flexibility index (Phi) is 6.55. The number of hydrogen-bond donors (Lipinski definition) is 1. The third kappa shape index (κ3) is 4.22. The summed E-state index contributed by atoms with van der Waals surface area (Å²) in [6.07, 6.45) is 0. The summed E-state index contributed by atoms with van der Waals surface area (Å²) in [4.78, 5) is 11.6. The average Bonchev–Trinajstić information content (AvgIpc) is 2.38. The first-order chi connectivity index (χ1) is 8.89. The second-order valence-corrected chi connectivity index (χ2v) is 5.61. The first kappa shape index (κ1) is 18.0. The molecule has 2 aromatic rings. The number of carbonyl (C=O) groups excluding carboxylic acids is 1. The van der Waals surface area contributed by atoms with Crippen LogP contribution in [0.4, 0.5) is 0 Å². The minimum atomic E-state index is -4.46.